The van der Waals surface area contributed by atoms with Gasteiger partial charge in [-0.25, -0.2) is 9.97 Å². The second-order valence-electron chi connectivity index (χ2n) is 3.60. The summed E-state index contributed by atoms with van der Waals surface area (Å²) in [5, 5.41) is 3.28. The van der Waals surface area contributed by atoms with Gasteiger partial charge in [-0.1, -0.05) is 0 Å². The summed E-state index contributed by atoms with van der Waals surface area (Å²) in [6.45, 7) is 0.828. The minimum atomic E-state index is 0.530. The zero-order valence-corrected chi connectivity index (χ0v) is 9.22. The molecule has 2 aromatic rings. The Morgan fingerprint density at radius 1 is 1.38 bits per heavy atom. The van der Waals surface area contributed by atoms with E-state index < -0.39 is 0 Å². The predicted octanol–water partition coefficient (Wildman–Crippen LogP) is 1.05. The Kier molecular flexibility index (Phi) is 3.05. The van der Waals surface area contributed by atoms with Crippen LogP contribution in [0.2, 0.25) is 0 Å². The second-order valence-corrected chi connectivity index (χ2v) is 3.60. The summed E-state index contributed by atoms with van der Waals surface area (Å²) < 4.78 is 2.02. The molecule has 0 saturated carbocycles. The van der Waals surface area contributed by atoms with Crippen molar-refractivity contribution in [3.63, 3.8) is 0 Å². The molecular formula is C11H15N5. The number of hydrogen-bond donors (Lipinski definition) is 2. The highest BCUT2D eigenvalue weighted by Crippen LogP contribution is 2.08. The molecule has 0 bridgehead atoms. The largest absolute Gasteiger partial charge is 0.384 e. The first-order valence-electron chi connectivity index (χ1n) is 5.17. The maximum atomic E-state index is 5.58. The van der Waals surface area contributed by atoms with Crippen LogP contribution in [0.25, 0.3) is 0 Å². The lowest BCUT2D eigenvalue weighted by atomic mass is 10.3. The monoisotopic (exact) mass is 217 g/mol. The summed E-state index contributed by atoms with van der Waals surface area (Å²) in [6, 6.07) is 3.72. The van der Waals surface area contributed by atoms with Crippen LogP contribution >= 0.6 is 0 Å². The third kappa shape index (κ3) is 2.50. The van der Waals surface area contributed by atoms with E-state index in [9.17, 15) is 0 Å². The first-order chi connectivity index (χ1) is 7.75. The van der Waals surface area contributed by atoms with Crippen molar-refractivity contribution in [1.82, 2.24) is 14.5 Å². The average molecular weight is 217 g/mol. The molecule has 2 aromatic heterocycles. The number of anilines is 2. The molecule has 0 spiro atoms. The standard InChI is InChI=1S/C11H15N5/c1-16-7-6-15-11(16)3-5-13-9-2-4-14-10(12)8-9/h2,4,6-8H,3,5H2,1H3,(H3,12,13,14). The molecule has 0 aliphatic carbocycles. The Hall–Kier alpha value is -2.04. The van der Waals surface area contributed by atoms with Crippen molar-refractivity contribution in [3.8, 4) is 0 Å². The van der Waals surface area contributed by atoms with Gasteiger partial charge in [0.15, 0.2) is 0 Å². The van der Waals surface area contributed by atoms with Crippen molar-refractivity contribution in [2.45, 2.75) is 6.42 Å². The van der Waals surface area contributed by atoms with Crippen molar-refractivity contribution in [2.75, 3.05) is 17.6 Å². The van der Waals surface area contributed by atoms with Gasteiger partial charge in [-0.15, -0.1) is 0 Å². The zero-order chi connectivity index (χ0) is 11.4. The smallest absolute Gasteiger partial charge is 0.125 e. The highest BCUT2D eigenvalue weighted by Gasteiger charge is 1.98. The number of nitrogens with zero attached hydrogens (tertiary/aromatic N) is 3. The zero-order valence-electron chi connectivity index (χ0n) is 9.22. The van der Waals surface area contributed by atoms with Gasteiger partial charge in [0.05, 0.1) is 0 Å². The van der Waals surface area contributed by atoms with Crippen molar-refractivity contribution in [1.29, 1.82) is 0 Å². The third-order valence-electron chi connectivity index (χ3n) is 2.38. The number of nitrogens with two attached hydrogens (primary N) is 1. The number of rotatable bonds is 4. The average Bonchev–Trinajstić information content (AvgIpc) is 2.65. The highest BCUT2D eigenvalue weighted by molar-refractivity contribution is 5.49. The van der Waals surface area contributed by atoms with E-state index in [4.69, 9.17) is 5.73 Å². The number of nitrogen functional groups attached to an aromatic ring is 1. The van der Waals surface area contributed by atoms with Crippen LogP contribution in [-0.2, 0) is 13.5 Å². The van der Waals surface area contributed by atoms with Crippen LogP contribution in [0.4, 0.5) is 11.5 Å². The highest BCUT2D eigenvalue weighted by atomic mass is 15.0. The molecule has 0 aliphatic heterocycles. The Bertz CT molecular complexity index is 463. The molecule has 0 radical (unpaired) electrons. The van der Waals surface area contributed by atoms with Gasteiger partial charge in [-0.2, -0.15) is 0 Å². The Balaban J connectivity index is 1.87. The van der Waals surface area contributed by atoms with Crippen LogP contribution in [-0.4, -0.2) is 21.1 Å². The van der Waals surface area contributed by atoms with Gasteiger partial charge in [-0.3, -0.25) is 0 Å². The molecule has 0 saturated heterocycles. The molecule has 0 unspecified atom stereocenters. The molecule has 5 heteroatoms. The van der Waals surface area contributed by atoms with E-state index in [1.165, 1.54) is 0 Å². The molecule has 84 valence electrons. The van der Waals surface area contributed by atoms with Crippen molar-refractivity contribution in [3.05, 3.63) is 36.5 Å². The van der Waals surface area contributed by atoms with E-state index >= 15 is 0 Å². The first-order valence-corrected chi connectivity index (χ1v) is 5.17. The molecule has 2 heterocycles. The van der Waals surface area contributed by atoms with E-state index in [1.807, 2.05) is 29.9 Å². The topological polar surface area (TPSA) is 68.8 Å². The summed E-state index contributed by atoms with van der Waals surface area (Å²) in [5.74, 6) is 1.59. The van der Waals surface area contributed by atoms with Crippen LogP contribution in [0, 0.1) is 0 Å². The SMILES string of the molecule is Cn1ccnc1CCNc1ccnc(N)c1. The molecule has 16 heavy (non-hydrogen) atoms. The lowest BCUT2D eigenvalue weighted by molar-refractivity contribution is 0.789. The molecular weight excluding hydrogens is 202 g/mol. The normalized spacial score (nSPS) is 10.3. The summed E-state index contributed by atoms with van der Waals surface area (Å²) in [5.41, 5.74) is 6.57. The van der Waals surface area contributed by atoms with Crippen molar-refractivity contribution >= 4 is 11.5 Å². The van der Waals surface area contributed by atoms with Crippen LogP contribution in [0.15, 0.2) is 30.7 Å². The number of aryl methyl sites for hydroxylation is 1. The van der Waals surface area contributed by atoms with E-state index in [-0.39, 0.29) is 0 Å². The maximum absolute atomic E-state index is 5.58. The fourth-order valence-corrected chi connectivity index (χ4v) is 1.51. The number of hydrogen-bond acceptors (Lipinski definition) is 4. The predicted molar refractivity (Wildman–Crippen MR) is 64.1 cm³/mol. The van der Waals surface area contributed by atoms with Gasteiger partial charge in [-0.05, 0) is 6.07 Å². The first kappa shape index (κ1) is 10.5. The quantitative estimate of drug-likeness (QED) is 0.803. The number of nitrogens with one attached hydrogen (secondary N) is 1. The Labute approximate surface area is 94.3 Å². The molecule has 0 amide bonds. The molecule has 2 rings (SSSR count). The maximum Gasteiger partial charge on any atom is 0.125 e. The van der Waals surface area contributed by atoms with E-state index in [1.54, 1.807) is 12.4 Å². The Morgan fingerprint density at radius 3 is 2.94 bits per heavy atom. The summed E-state index contributed by atoms with van der Waals surface area (Å²) in [6.07, 6.45) is 6.32. The van der Waals surface area contributed by atoms with Crippen molar-refractivity contribution in [2.24, 2.45) is 7.05 Å². The molecule has 0 fully saturated rings. The summed E-state index contributed by atoms with van der Waals surface area (Å²) >= 11 is 0. The fourth-order valence-electron chi connectivity index (χ4n) is 1.51. The minimum absolute atomic E-state index is 0.530. The number of pyridine rings is 1. The van der Waals surface area contributed by atoms with Crippen LogP contribution in [0.1, 0.15) is 5.82 Å². The number of imidazole rings is 1. The fraction of sp³-hybridized carbons (Fsp3) is 0.273. The van der Waals surface area contributed by atoms with Gasteiger partial charge < -0.3 is 15.6 Å². The second kappa shape index (κ2) is 4.65. The van der Waals surface area contributed by atoms with Gasteiger partial charge in [0, 0.05) is 50.4 Å². The van der Waals surface area contributed by atoms with Crippen LogP contribution in [0.5, 0.6) is 0 Å². The van der Waals surface area contributed by atoms with Gasteiger partial charge in [0.2, 0.25) is 0 Å². The molecule has 0 atom stereocenters. The molecule has 0 aliphatic rings. The lowest BCUT2D eigenvalue weighted by Crippen LogP contribution is -2.08. The molecule has 5 nitrogen and oxygen atoms in total. The molecule has 0 aromatic carbocycles. The lowest BCUT2D eigenvalue weighted by Gasteiger charge is -2.06. The Morgan fingerprint density at radius 2 is 2.25 bits per heavy atom. The van der Waals surface area contributed by atoms with E-state index in [0.717, 1.165) is 24.5 Å². The van der Waals surface area contributed by atoms with Crippen LogP contribution in [0.3, 0.4) is 0 Å². The van der Waals surface area contributed by atoms with Crippen molar-refractivity contribution < 1.29 is 0 Å². The van der Waals surface area contributed by atoms with Gasteiger partial charge in [0.1, 0.15) is 11.6 Å². The van der Waals surface area contributed by atoms with Crippen LogP contribution < -0.4 is 11.1 Å². The minimum Gasteiger partial charge on any atom is -0.384 e. The van der Waals surface area contributed by atoms with Gasteiger partial charge in [0.25, 0.3) is 0 Å². The summed E-state index contributed by atoms with van der Waals surface area (Å²) in [7, 11) is 1.99. The van der Waals surface area contributed by atoms with E-state index in [0.29, 0.717) is 5.82 Å². The summed E-state index contributed by atoms with van der Waals surface area (Å²) in [4.78, 5) is 8.18. The van der Waals surface area contributed by atoms with Gasteiger partial charge >= 0.3 is 0 Å². The number of aromatic nitrogens is 3. The third-order valence-corrected chi connectivity index (χ3v) is 2.38. The molecule has 3 N–H and O–H groups in total. The van der Waals surface area contributed by atoms with E-state index in [2.05, 4.69) is 15.3 Å².